The van der Waals surface area contributed by atoms with Gasteiger partial charge >= 0.3 is 6.18 Å². The molecule has 1 unspecified atom stereocenters. The van der Waals surface area contributed by atoms with E-state index in [0.717, 1.165) is 6.42 Å². The van der Waals surface area contributed by atoms with Crippen molar-refractivity contribution in [3.05, 3.63) is 0 Å². The second-order valence-corrected chi connectivity index (χ2v) is 3.71. The molecule has 0 aromatic rings. The lowest BCUT2D eigenvalue weighted by atomic mass is 10.0. The molecule has 0 aromatic carbocycles. The van der Waals surface area contributed by atoms with Gasteiger partial charge in [-0.15, -0.1) is 0 Å². The number of hydrogen-bond acceptors (Lipinski definition) is 1. The van der Waals surface area contributed by atoms with Crippen LogP contribution in [-0.4, -0.2) is 19.3 Å². The zero-order chi connectivity index (χ0) is 10.5. The van der Waals surface area contributed by atoms with Gasteiger partial charge in [-0.1, -0.05) is 26.7 Å². The fraction of sp³-hybridized carbons (Fsp3) is 1.00. The summed E-state index contributed by atoms with van der Waals surface area (Å²) in [5.41, 5.74) is 0. The highest BCUT2D eigenvalue weighted by atomic mass is 19.4. The molecule has 0 amide bonds. The van der Waals surface area contributed by atoms with Gasteiger partial charge in [-0.05, 0) is 19.4 Å². The highest BCUT2D eigenvalue weighted by molar-refractivity contribution is 4.73. The standard InChI is InChI=1S/C9H18F3N/c1-7(2)5-4-6-8(13-3)9(10,11)12/h7-8,13H,4-6H2,1-3H3. The summed E-state index contributed by atoms with van der Waals surface area (Å²) in [6.07, 6.45) is -2.44. The van der Waals surface area contributed by atoms with E-state index in [9.17, 15) is 13.2 Å². The zero-order valence-electron chi connectivity index (χ0n) is 8.41. The fourth-order valence-corrected chi connectivity index (χ4v) is 1.20. The lowest BCUT2D eigenvalue weighted by Gasteiger charge is -2.19. The number of alkyl halides is 3. The Morgan fingerprint density at radius 3 is 2.00 bits per heavy atom. The predicted octanol–water partition coefficient (Wildman–Crippen LogP) is 2.96. The molecule has 0 aliphatic carbocycles. The normalized spacial score (nSPS) is 15.0. The maximum absolute atomic E-state index is 12.2. The number of rotatable bonds is 5. The van der Waals surface area contributed by atoms with E-state index in [1.165, 1.54) is 7.05 Å². The number of halogens is 3. The van der Waals surface area contributed by atoms with Crippen LogP contribution in [0.3, 0.4) is 0 Å². The van der Waals surface area contributed by atoms with E-state index in [4.69, 9.17) is 0 Å². The van der Waals surface area contributed by atoms with Gasteiger partial charge in [0.05, 0.1) is 0 Å². The number of hydrogen-bond donors (Lipinski definition) is 1. The second-order valence-electron chi connectivity index (χ2n) is 3.71. The SMILES string of the molecule is CNC(CCCC(C)C)C(F)(F)F. The Morgan fingerprint density at radius 1 is 1.15 bits per heavy atom. The van der Waals surface area contributed by atoms with E-state index in [0.29, 0.717) is 12.3 Å². The van der Waals surface area contributed by atoms with Crippen LogP contribution in [0.1, 0.15) is 33.1 Å². The Morgan fingerprint density at radius 2 is 1.69 bits per heavy atom. The molecule has 1 N–H and O–H groups in total. The highest BCUT2D eigenvalue weighted by Crippen LogP contribution is 2.24. The van der Waals surface area contributed by atoms with Crippen LogP contribution >= 0.6 is 0 Å². The van der Waals surface area contributed by atoms with Crippen molar-refractivity contribution in [3.63, 3.8) is 0 Å². The van der Waals surface area contributed by atoms with E-state index in [2.05, 4.69) is 5.32 Å². The molecule has 1 nitrogen and oxygen atoms in total. The molecule has 0 aliphatic heterocycles. The Kier molecular flexibility index (Phi) is 5.37. The molecule has 0 spiro atoms. The molecule has 0 bridgehead atoms. The molecule has 0 fully saturated rings. The highest BCUT2D eigenvalue weighted by Gasteiger charge is 2.37. The zero-order valence-corrected chi connectivity index (χ0v) is 8.41. The van der Waals surface area contributed by atoms with Crippen molar-refractivity contribution < 1.29 is 13.2 Å². The largest absolute Gasteiger partial charge is 0.403 e. The van der Waals surface area contributed by atoms with Crippen LogP contribution in [0.25, 0.3) is 0 Å². The molecule has 80 valence electrons. The Labute approximate surface area is 77.7 Å². The minimum absolute atomic E-state index is 0.179. The first-order chi connectivity index (χ1) is 5.88. The molecular weight excluding hydrogens is 179 g/mol. The van der Waals surface area contributed by atoms with Gasteiger partial charge < -0.3 is 5.32 Å². The molecule has 1 atom stereocenters. The van der Waals surface area contributed by atoms with Crippen LogP contribution in [0, 0.1) is 5.92 Å². The van der Waals surface area contributed by atoms with Gasteiger partial charge in [-0.25, -0.2) is 0 Å². The maximum atomic E-state index is 12.2. The third kappa shape index (κ3) is 5.91. The summed E-state index contributed by atoms with van der Waals surface area (Å²) in [5, 5.41) is 2.29. The second kappa shape index (κ2) is 5.47. The van der Waals surface area contributed by atoms with Gasteiger partial charge in [0.2, 0.25) is 0 Å². The van der Waals surface area contributed by atoms with E-state index < -0.39 is 12.2 Å². The van der Waals surface area contributed by atoms with E-state index in [1.54, 1.807) is 0 Å². The third-order valence-electron chi connectivity index (χ3n) is 2.02. The van der Waals surface area contributed by atoms with E-state index in [-0.39, 0.29) is 6.42 Å². The summed E-state index contributed by atoms with van der Waals surface area (Å²) in [6.45, 7) is 4.03. The first-order valence-corrected chi connectivity index (χ1v) is 4.62. The summed E-state index contributed by atoms with van der Waals surface area (Å²) in [5.74, 6) is 0.478. The molecule has 0 heterocycles. The first kappa shape index (κ1) is 12.8. The van der Waals surface area contributed by atoms with E-state index in [1.807, 2.05) is 13.8 Å². The molecule has 13 heavy (non-hydrogen) atoms. The van der Waals surface area contributed by atoms with Crippen molar-refractivity contribution >= 4 is 0 Å². The summed E-state index contributed by atoms with van der Waals surface area (Å²) in [7, 11) is 1.35. The van der Waals surface area contributed by atoms with Crippen molar-refractivity contribution in [2.75, 3.05) is 7.05 Å². The number of nitrogens with one attached hydrogen (secondary N) is 1. The minimum Gasteiger partial charge on any atom is -0.309 e. The predicted molar refractivity (Wildman–Crippen MR) is 47.6 cm³/mol. The Hall–Kier alpha value is -0.250. The van der Waals surface area contributed by atoms with Crippen molar-refractivity contribution in [1.82, 2.24) is 5.32 Å². The van der Waals surface area contributed by atoms with Gasteiger partial charge in [0, 0.05) is 0 Å². The molecule has 0 radical (unpaired) electrons. The molecule has 0 aliphatic rings. The smallest absolute Gasteiger partial charge is 0.309 e. The Bertz CT molecular complexity index is 131. The van der Waals surface area contributed by atoms with Crippen LogP contribution in [0.2, 0.25) is 0 Å². The molecule has 0 saturated heterocycles. The monoisotopic (exact) mass is 197 g/mol. The summed E-state index contributed by atoms with van der Waals surface area (Å²) >= 11 is 0. The van der Waals surface area contributed by atoms with Crippen molar-refractivity contribution in [2.24, 2.45) is 5.92 Å². The summed E-state index contributed by atoms with van der Waals surface area (Å²) in [6, 6.07) is -1.34. The van der Waals surface area contributed by atoms with Gasteiger partial charge in [0.25, 0.3) is 0 Å². The van der Waals surface area contributed by atoms with Crippen molar-refractivity contribution in [3.8, 4) is 0 Å². The molecular formula is C9H18F3N. The molecule has 0 rings (SSSR count). The first-order valence-electron chi connectivity index (χ1n) is 4.62. The lowest BCUT2D eigenvalue weighted by Crippen LogP contribution is -2.39. The van der Waals surface area contributed by atoms with E-state index >= 15 is 0 Å². The maximum Gasteiger partial charge on any atom is 0.403 e. The molecule has 0 saturated carbocycles. The topological polar surface area (TPSA) is 12.0 Å². The fourth-order valence-electron chi connectivity index (χ4n) is 1.20. The van der Waals surface area contributed by atoms with Crippen LogP contribution in [0.15, 0.2) is 0 Å². The van der Waals surface area contributed by atoms with Gasteiger partial charge in [-0.2, -0.15) is 13.2 Å². The van der Waals surface area contributed by atoms with Gasteiger partial charge in [0.1, 0.15) is 6.04 Å². The lowest BCUT2D eigenvalue weighted by molar-refractivity contribution is -0.156. The van der Waals surface area contributed by atoms with Crippen LogP contribution in [0.5, 0.6) is 0 Å². The van der Waals surface area contributed by atoms with Crippen molar-refractivity contribution in [2.45, 2.75) is 45.3 Å². The Balaban J connectivity index is 3.73. The molecule has 0 aromatic heterocycles. The summed E-state index contributed by atoms with van der Waals surface area (Å²) in [4.78, 5) is 0. The average molecular weight is 197 g/mol. The average Bonchev–Trinajstić information content (AvgIpc) is 1.95. The van der Waals surface area contributed by atoms with Gasteiger partial charge in [0.15, 0.2) is 0 Å². The van der Waals surface area contributed by atoms with Crippen LogP contribution < -0.4 is 5.32 Å². The van der Waals surface area contributed by atoms with Gasteiger partial charge in [-0.3, -0.25) is 0 Å². The third-order valence-corrected chi connectivity index (χ3v) is 2.02. The quantitative estimate of drug-likeness (QED) is 0.714. The van der Waals surface area contributed by atoms with Crippen LogP contribution in [0.4, 0.5) is 13.2 Å². The summed E-state index contributed by atoms with van der Waals surface area (Å²) < 4.78 is 36.5. The minimum atomic E-state index is -4.11. The molecule has 4 heteroatoms. The van der Waals surface area contributed by atoms with Crippen LogP contribution in [-0.2, 0) is 0 Å². The van der Waals surface area contributed by atoms with Crippen molar-refractivity contribution in [1.29, 1.82) is 0 Å².